The Morgan fingerprint density at radius 1 is 1.29 bits per heavy atom. The first-order valence-corrected chi connectivity index (χ1v) is 6.86. The molecule has 2 aliphatic carbocycles. The van der Waals surface area contributed by atoms with E-state index in [-0.39, 0.29) is 0 Å². The molecule has 0 heterocycles. The first kappa shape index (κ1) is 11.2. The zero-order valence-electron chi connectivity index (χ0n) is 10.8. The third kappa shape index (κ3) is 1.90. The zero-order valence-corrected chi connectivity index (χ0v) is 10.8. The molecule has 1 fully saturated rings. The van der Waals surface area contributed by atoms with Crippen LogP contribution in [0, 0.1) is 0 Å². The summed E-state index contributed by atoms with van der Waals surface area (Å²) < 4.78 is 0. The predicted molar refractivity (Wildman–Crippen MR) is 71.1 cm³/mol. The molecule has 1 N–H and O–H groups in total. The van der Waals surface area contributed by atoms with Crippen molar-refractivity contribution in [2.24, 2.45) is 0 Å². The molecule has 92 valence electrons. The molecule has 2 nitrogen and oxygen atoms in total. The summed E-state index contributed by atoms with van der Waals surface area (Å²) in [7, 11) is 2.10. The number of hydrogen-bond acceptors (Lipinski definition) is 2. The van der Waals surface area contributed by atoms with Crippen molar-refractivity contribution in [3.05, 3.63) is 35.4 Å². The maximum Gasteiger partial charge on any atom is 0.0481 e. The predicted octanol–water partition coefficient (Wildman–Crippen LogP) is 2.36. The molecule has 2 atom stereocenters. The van der Waals surface area contributed by atoms with E-state index in [0.717, 1.165) is 6.04 Å². The van der Waals surface area contributed by atoms with Crippen LogP contribution in [-0.2, 0) is 6.42 Å². The van der Waals surface area contributed by atoms with Crippen molar-refractivity contribution in [2.45, 2.75) is 44.3 Å². The first-order chi connectivity index (χ1) is 8.35. The van der Waals surface area contributed by atoms with E-state index in [1.165, 1.54) is 36.9 Å². The van der Waals surface area contributed by atoms with E-state index < -0.39 is 0 Å². The Balaban J connectivity index is 1.88. The molecule has 1 aromatic carbocycles. The molecule has 0 amide bonds. The summed E-state index contributed by atoms with van der Waals surface area (Å²) in [5.41, 5.74) is 3.05. The lowest BCUT2D eigenvalue weighted by Gasteiger charge is -2.32. The number of nitrogens with zero attached hydrogens (tertiary/aromatic N) is 1. The average molecular weight is 230 g/mol. The van der Waals surface area contributed by atoms with Gasteiger partial charge in [-0.3, -0.25) is 4.90 Å². The van der Waals surface area contributed by atoms with E-state index in [9.17, 15) is 0 Å². The largest absolute Gasteiger partial charge is 0.312 e. The lowest BCUT2D eigenvalue weighted by atomic mass is 10.1. The third-order valence-corrected chi connectivity index (χ3v) is 4.32. The van der Waals surface area contributed by atoms with Gasteiger partial charge in [0.2, 0.25) is 0 Å². The molecular weight excluding hydrogens is 208 g/mol. The van der Waals surface area contributed by atoms with Crippen molar-refractivity contribution in [3.8, 4) is 0 Å². The fraction of sp³-hybridized carbons (Fsp3) is 0.600. The summed E-state index contributed by atoms with van der Waals surface area (Å²) in [5.74, 6) is 0. The highest BCUT2D eigenvalue weighted by atomic mass is 15.2. The zero-order chi connectivity index (χ0) is 11.8. The van der Waals surface area contributed by atoms with E-state index in [4.69, 9.17) is 0 Å². The van der Waals surface area contributed by atoms with Crippen LogP contribution < -0.4 is 5.32 Å². The summed E-state index contributed by atoms with van der Waals surface area (Å²) >= 11 is 0. The Kier molecular flexibility index (Phi) is 2.93. The summed E-state index contributed by atoms with van der Waals surface area (Å²) in [6.45, 7) is 3.48. The molecule has 2 aliphatic rings. The van der Waals surface area contributed by atoms with Gasteiger partial charge in [0.15, 0.2) is 0 Å². The fourth-order valence-electron chi connectivity index (χ4n) is 3.40. The van der Waals surface area contributed by atoms with Crippen molar-refractivity contribution in [1.82, 2.24) is 10.2 Å². The van der Waals surface area contributed by atoms with E-state index >= 15 is 0 Å². The molecule has 17 heavy (non-hydrogen) atoms. The highest BCUT2D eigenvalue weighted by Crippen LogP contribution is 2.39. The van der Waals surface area contributed by atoms with Gasteiger partial charge in [-0.1, -0.05) is 31.2 Å². The van der Waals surface area contributed by atoms with E-state index in [1.54, 1.807) is 0 Å². The minimum Gasteiger partial charge on any atom is -0.312 e. The first-order valence-electron chi connectivity index (χ1n) is 6.86. The maximum absolute atomic E-state index is 3.53. The summed E-state index contributed by atoms with van der Waals surface area (Å²) in [6, 6.07) is 11.0. The molecule has 0 saturated heterocycles. The van der Waals surface area contributed by atoms with Crippen molar-refractivity contribution in [2.75, 3.05) is 13.6 Å². The number of benzene rings is 1. The maximum atomic E-state index is 3.53. The summed E-state index contributed by atoms with van der Waals surface area (Å²) in [4.78, 5) is 2.71. The second-order valence-electron chi connectivity index (χ2n) is 5.30. The number of hydrogen-bond donors (Lipinski definition) is 1. The van der Waals surface area contributed by atoms with Crippen molar-refractivity contribution >= 4 is 0 Å². The third-order valence-electron chi connectivity index (χ3n) is 4.32. The van der Waals surface area contributed by atoms with Gasteiger partial charge in [-0.05, 0) is 44.0 Å². The molecule has 1 aromatic rings. The molecule has 0 radical (unpaired) electrons. The average Bonchev–Trinajstić information content (AvgIpc) is 3.11. The SMILES string of the molecule is CCN(C1CC1)C1Cc2ccccc2C1NC. The van der Waals surface area contributed by atoms with Crippen LogP contribution >= 0.6 is 0 Å². The Morgan fingerprint density at radius 2 is 2.06 bits per heavy atom. The van der Waals surface area contributed by atoms with Crippen LogP contribution in [0.3, 0.4) is 0 Å². The van der Waals surface area contributed by atoms with E-state index in [0.29, 0.717) is 12.1 Å². The van der Waals surface area contributed by atoms with Gasteiger partial charge in [0.25, 0.3) is 0 Å². The highest BCUT2D eigenvalue weighted by Gasteiger charge is 2.40. The Hall–Kier alpha value is -0.860. The van der Waals surface area contributed by atoms with Gasteiger partial charge in [-0.25, -0.2) is 0 Å². The number of nitrogens with one attached hydrogen (secondary N) is 1. The minimum atomic E-state index is 0.520. The molecule has 0 aromatic heterocycles. The van der Waals surface area contributed by atoms with Gasteiger partial charge in [-0.15, -0.1) is 0 Å². The fourth-order valence-corrected chi connectivity index (χ4v) is 3.40. The normalized spacial score (nSPS) is 27.5. The van der Waals surface area contributed by atoms with Crippen LogP contribution in [-0.4, -0.2) is 30.6 Å². The molecule has 0 spiro atoms. The van der Waals surface area contributed by atoms with Crippen LogP contribution in [0.5, 0.6) is 0 Å². The van der Waals surface area contributed by atoms with Crippen molar-refractivity contribution < 1.29 is 0 Å². The summed E-state index contributed by atoms with van der Waals surface area (Å²) in [6.07, 6.45) is 4.01. The van der Waals surface area contributed by atoms with Crippen LogP contribution in [0.15, 0.2) is 24.3 Å². The van der Waals surface area contributed by atoms with Gasteiger partial charge in [0.1, 0.15) is 0 Å². The quantitative estimate of drug-likeness (QED) is 0.854. The summed E-state index contributed by atoms with van der Waals surface area (Å²) in [5, 5.41) is 3.53. The van der Waals surface area contributed by atoms with Gasteiger partial charge in [-0.2, -0.15) is 0 Å². The monoisotopic (exact) mass is 230 g/mol. The smallest absolute Gasteiger partial charge is 0.0481 e. The molecule has 0 aliphatic heterocycles. The number of rotatable bonds is 4. The van der Waals surface area contributed by atoms with Gasteiger partial charge >= 0.3 is 0 Å². The van der Waals surface area contributed by atoms with Crippen LogP contribution in [0.4, 0.5) is 0 Å². The van der Waals surface area contributed by atoms with E-state index in [1.807, 2.05) is 0 Å². The second-order valence-corrected chi connectivity index (χ2v) is 5.30. The van der Waals surface area contributed by atoms with Crippen molar-refractivity contribution in [1.29, 1.82) is 0 Å². The molecular formula is C15H22N2. The second kappa shape index (κ2) is 4.43. The highest BCUT2D eigenvalue weighted by molar-refractivity contribution is 5.37. The van der Waals surface area contributed by atoms with Gasteiger partial charge < -0.3 is 5.32 Å². The standard InChI is InChI=1S/C15H22N2/c1-3-17(12-8-9-12)14-10-11-6-4-5-7-13(11)15(14)16-2/h4-7,12,14-16H,3,8-10H2,1-2H3. The molecule has 0 bridgehead atoms. The molecule has 2 unspecified atom stereocenters. The van der Waals surface area contributed by atoms with Crippen LogP contribution in [0.2, 0.25) is 0 Å². The number of fused-ring (bicyclic) bond motifs is 1. The van der Waals surface area contributed by atoms with Crippen LogP contribution in [0.1, 0.15) is 36.9 Å². The van der Waals surface area contributed by atoms with Gasteiger partial charge in [0, 0.05) is 18.1 Å². The Bertz CT molecular complexity index is 398. The molecule has 1 saturated carbocycles. The molecule has 3 rings (SSSR count). The lowest BCUT2D eigenvalue weighted by Crippen LogP contribution is -2.43. The van der Waals surface area contributed by atoms with Crippen molar-refractivity contribution in [3.63, 3.8) is 0 Å². The number of likely N-dealkylation sites (N-methyl/N-ethyl adjacent to an activating group) is 2. The van der Waals surface area contributed by atoms with Crippen LogP contribution in [0.25, 0.3) is 0 Å². The molecule has 2 heteroatoms. The Labute approximate surface area is 104 Å². The van der Waals surface area contributed by atoms with E-state index in [2.05, 4.69) is 48.5 Å². The lowest BCUT2D eigenvalue weighted by molar-refractivity contribution is 0.168. The minimum absolute atomic E-state index is 0.520. The topological polar surface area (TPSA) is 15.3 Å². The van der Waals surface area contributed by atoms with Gasteiger partial charge in [0.05, 0.1) is 0 Å². The Morgan fingerprint density at radius 3 is 2.71 bits per heavy atom.